The standard InChI is InChI=1S/C23H23BrN4O3S/c1-2-3-4-5-10-32-23-26-22(29)20-16-12-15(24)7-8-17(16)25-21(28(20)27-23)14-6-9-18-19(11-14)31-13-30-18/h6-9,11-12,21H,2-5,10,13H2,1H3,(H,26,27,29). The largest absolute Gasteiger partial charge is 0.454 e. The molecule has 1 atom stereocenters. The van der Waals surface area contributed by atoms with Crippen molar-refractivity contribution < 1.29 is 14.3 Å². The average molecular weight is 515 g/mol. The molecular formula is C23H23BrN4O3S. The second-order valence-electron chi connectivity index (χ2n) is 7.74. The number of carbonyl (C=O) groups excluding carboxylic acids is 1. The molecule has 0 aliphatic carbocycles. The molecule has 3 heterocycles. The number of thioether (sulfide) groups is 1. The number of hydrazone groups is 1. The summed E-state index contributed by atoms with van der Waals surface area (Å²) in [5.41, 5.74) is 1.38. The summed E-state index contributed by atoms with van der Waals surface area (Å²) in [5.74, 6) is 2.13. The van der Waals surface area contributed by atoms with Crippen molar-refractivity contribution in [1.82, 2.24) is 10.3 Å². The van der Waals surface area contributed by atoms with Crippen molar-refractivity contribution in [3.63, 3.8) is 0 Å². The van der Waals surface area contributed by atoms with E-state index < -0.39 is 6.17 Å². The molecule has 0 spiro atoms. The molecule has 3 aliphatic heterocycles. The van der Waals surface area contributed by atoms with Crippen LogP contribution in [0.1, 0.15) is 44.3 Å². The summed E-state index contributed by atoms with van der Waals surface area (Å²) in [6, 6.07) is 11.5. The van der Waals surface area contributed by atoms with Crippen LogP contribution in [0.5, 0.6) is 11.5 Å². The molecule has 1 amide bonds. The number of fused-ring (bicyclic) bond motifs is 3. The van der Waals surface area contributed by atoms with Crippen LogP contribution in [0.3, 0.4) is 0 Å². The van der Waals surface area contributed by atoms with Crippen molar-refractivity contribution in [2.45, 2.75) is 38.8 Å². The number of halogens is 1. The number of carbonyl (C=O) groups is 1. The third-order valence-electron chi connectivity index (χ3n) is 5.50. The van der Waals surface area contributed by atoms with Gasteiger partial charge in [-0.2, -0.15) is 0 Å². The van der Waals surface area contributed by atoms with Gasteiger partial charge in [0.15, 0.2) is 22.8 Å². The van der Waals surface area contributed by atoms with Gasteiger partial charge in [-0.3, -0.25) is 15.1 Å². The third-order valence-corrected chi connectivity index (χ3v) is 6.94. The first-order valence-electron chi connectivity index (χ1n) is 10.7. The summed E-state index contributed by atoms with van der Waals surface area (Å²) in [4.78, 5) is 18.2. The quantitative estimate of drug-likeness (QED) is 0.595. The Kier molecular flexibility index (Phi) is 6.10. The Bertz CT molecular complexity index is 1220. The summed E-state index contributed by atoms with van der Waals surface area (Å²) >= 11 is 5.09. The van der Waals surface area contributed by atoms with Crippen molar-refractivity contribution in [3.05, 3.63) is 57.0 Å². The lowest BCUT2D eigenvalue weighted by atomic mass is 10.1. The summed E-state index contributed by atoms with van der Waals surface area (Å²) in [6.07, 6.45) is 4.22. The number of nitrogens with zero attached hydrogens (tertiary/aromatic N) is 3. The zero-order valence-corrected chi connectivity index (χ0v) is 20.0. The van der Waals surface area contributed by atoms with Gasteiger partial charge in [-0.25, -0.2) is 5.01 Å². The smallest absolute Gasteiger partial charge is 0.276 e. The fourth-order valence-electron chi connectivity index (χ4n) is 3.90. The van der Waals surface area contributed by atoms with E-state index in [4.69, 9.17) is 19.6 Å². The highest BCUT2D eigenvalue weighted by molar-refractivity contribution is 9.10. The molecule has 0 saturated carbocycles. The highest BCUT2D eigenvalue weighted by atomic mass is 79.9. The molecule has 0 aromatic heterocycles. The SMILES string of the molecule is CCCCCCSC1=NN2C(=c3cc(Br)ccc3=NC2c2ccc3c(c2)OCO3)C(=O)N1. The Balaban J connectivity index is 1.54. The fraction of sp³-hybridized carbons (Fsp3) is 0.348. The second-order valence-corrected chi connectivity index (χ2v) is 9.74. The maximum absolute atomic E-state index is 13.2. The highest BCUT2D eigenvalue weighted by Crippen LogP contribution is 2.38. The van der Waals surface area contributed by atoms with Gasteiger partial charge in [-0.05, 0) is 36.8 Å². The van der Waals surface area contributed by atoms with Gasteiger partial charge in [0.25, 0.3) is 5.91 Å². The van der Waals surface area contributed by atoms with E-state index in [9.17, 15) is 4.79 Å². The van der Waals surface area contributed by atoms with Gasteiger partial charge in [-0.15, -0.1) is 5.10 Å². The van der Waals surface area contributed by atoms with Crippen LogP contribution in [0.4, 0.5) is 0 Å². The van der Waals surface area contributed by atoms with Crippen LogP contribution in [0.2, 0.25) is 0 Å². The molecular weight excluding hydrogens is 492 g/mol. The molecule has 0 fully saturated rings. The van der Waals surface area contributed by atoms with E-state index in [1.807, 2.05) is 36.4 Å². The number of rotatable bonds is 6. The molecule has 32 heavy (non-hydrogen) atoms. The Morgan fingerprint density at radius 3 is 2.91 bits per heavy atom. The van der Waals surface area contributed by atoms with E-state index in [-0.39, 0.29) is 12.7 Å². The number of benzene rings is 2. The zero-order valence-electron chi connectivity index (χ0n) is 17.6. The first-order chi connectivity index (χ1) is 15.6. The number of amidine groups is 1. The zero-order chi connectivity index (χ0) is 22.1. The number of amides is 1. The van der Waals surface area contributed by atoms with Crippen LogP contribution in [-0.2, 0) is 4.79 Å². The van der Waals surface area contributed by atoms with Crippen molar-refractivity contribution in [3.8, 4) is 11.5 Å². The molecule has 2 aromatic rings. The number of unbranched alkanes of at least 4 members (excludes halogenated alkanes) is 3. The Morgan fingerprint density at radius 2 is 2.03 bits per heavy atom. The first kappa shape index (κ1) is 21.3. The molecule has 9 heteroatoms. The predicted octanol–water partition coefficient (Wildman–Crippen LogP) is 3.63. The van der Waals surface area contributed by atoms with Crippen LogP contribution in [0.25, 0.3) is 5.70 Å². The van der Waals surface area contributed by atoms with Gasteiger partial charge in [-0.1, -0.05) is 59.9 Å². The van der Waals surface area contributed by atoms with Crippen molar-refractivity contribution in [2.24, 2.45) is 10.1 Å². The van der Waals surface area contributed by atoms with Crippen molar-refractivity contribution in [1.29, 1.82) is 0 Å². The Hall–Kier alpha value is -2.52. The molecule has 7 nitrogen and oxygen atoms in total. The third kappa shape index (κ3) is 4.11. The normalized spacial score (nSPS) is 18.5. The van der Waals surface area contributed by atoms with E-state index in [1.54, 1.807) is 16.8 Å². The van der Waals surface area contributed by atoms with Crippen LogP contribution >= 0.6 is 27.7 Å². The predicted molar refractivity (Wildman–Crippen MR) is 128 cm³/mol. The van der Waals surface area contributed by atoms with Crippen LogP contribution < -0.4 is 25.4 Å². The van der Waals surface area contributed by atoms with E-state index in [0.29, 0.717) is 22.4 Å². The summed E-state index contributed by atoms with van der Waals surface area (Å²) < 4.78 is 11.9. The number of hydrogen-bond acceptors (Lipinski definition) is 7. The van der Waals surface area contributed by atoms with Gasteiger partial charge < -0.3 is 9.47 Å². The lowest BCUT2D eigenvalue weighted by molar-refractivity contribution is -0.116. The highest BCUT2D eigenvalue weighted by Gasteiger charge is 2.35. The van der Waals surface area contributed by atoms with E-state index in [1.165, 1.54) is 19.3 Å². The lowest BCUT2D eigenvalue weighted by Gasteiger charge is -2.34. The lowest BCUT2D eigenvalue weighted by Crippen LogP contribution is -2.50. The maximum Gasteiger partial charge on any atom is 0.276 e. The molecule has 3 aliphatic rings. The Morgan fingerprint density at radius 1 is 1.16 bits per heavy atom. The van der Waals surface area contributed by atoms with E-state index in [2.05, 4.69) is 28.2 Å². The molecule has 1 unspecified atom stereocenters. The van der Waals surface area contributed by atoms with Gasteiger partial charge >= 0.3 is 0 Å². The molecule has 0 radical (unpaired) electrons. The number of ether oxygens (including phenoxy) is 2. The van der Waals surface area contributed by atoms with Crippen LogP contribution in [0.15, 0.2) is 51.0 Å². The van der Waals surface area contributed by atoms with Gasteiger partial charge in [0.1, 0.15) is 5.70 Å². The average Bonchev–Trinajstić information content (AvgIpc) is 3.26. The fourth-order valence-corrected chi connectivity index (χ4v) is 5.12. The van der Waals surface area contributed by atoms with E-state index in [0.717, 1.165) is 32.8 Å². The minimum absolute atomic E-state index is 0.170. The number of nitrogens with one attached hydrogen (secondary N) is 1. The summed E-state index contributed by atoms with van der Waals surface area (Å²) in [7, 11) is 0. The monoisotopic (exact) mass is 514 g/mol. The molecule has 5 rings (SSSR count). The molecule has 1 N–H and O–H groups in total. The molecule has 0 bridgehead atoms. The molecule has 0 saturated heterocycles. The molecule has 166 valence electrons. The van der Waals surface area contributed by atoms with Crippen molar-refractivity contribution in [2.75, 3.05) is 12.5 Å². The second kappa shape index (κ2) is 9.15. The van der Waals surface area contributed by atoms with Crippen LogP contribution in [0, 0.1) is 0 Å². The van der Waals surface area contributed by atoms with Gasteiger partial charge in [0, 0.05) is 21.0 Å². The maximum atomic E-state index is 13.2. The Labute approximate surface area is 198 Å². The summed E-state index contributed by atoms with van der Waals surface area (Å²) in [5, 5.41) is 11.6. The topological polar surface area (TPSA) is 75.5 Å². The molecule has 2 aromatic carbocycles. The first-order valence-corrected chi connectivity index (χ1v) is 12.5. The number of hydrogen-bond donors (Lipinski definition) is 1. The summed E-state index contributed by atoms with van der Waals surface area (Å²) in [6.45, 7) is 2.40. The van der Waals surface area contributed by atoms with Crippen molar-refractivity contribution >= 4 is 44.5 Å². The minimum Gasteiger partial charge on any atom is -0.454 e. The van der Waals surface area contributed by atoms with Gasteiger partial charge in [0.05, 0.1) is 5.36 Å². The van der Waals surface area contributed by atoms with Crippen LogP contribution in [-0.4, -0.2) is 28.6 Å². The minimum atomic E-state index is -0.477. The van der Waals surface area contributed by atoms with Gasteiger partial charge in [0.2, 0.25) is 6.79 Å². The van der Waals surface area contributed by atoms with E-state index >= 15 is 0 Å².